The van der Waals surface area contributed by atoms with E-state index in [2.05, 4.69) is 72.1 Å². The molecule has 1 unspecified atom stereocenters. The van der Waals surface area contributed by atoms with Crippen LogP contribution in [0.25, 0.3) is 0 Å². The number of aryl methyl sites for hydroxylation is 2. The number of halogens is 3. The number of benzene rings is 1. The molecule has 1 atom stereocenters. The Kier molecular flexibility index (Phi) is 8.41. The maximum atomic E-state index is 13.0. The smallest absolute Gasteiger partial charge is 0.314 e. The molecule has 2 fully saturated rings. The lowest BCUT2D eigenvalue weighted by Crippen LogP contribution is -2.43. The number of rotatable bonds is 3. The van der Waals surface area contributed by atoms with Gasteiger partial charge in [0.2, 0.25) is 5.91 Å². The SMILES string of the molecule is NC(=O)N1CCC(CC(=O)N2CCC(=CC3c4ncc(Br)cc4CCc4cc(Br)cc(Br)c43)CC2)CC1. The molecular weight excluding hydrogens is 664 g/mol. The van der Waals surface area contributed by atoms with E-state index in [1.807, 2.05) is 11.1 Å². The van der Waals surface area contributed by atoms with Gasteiger partial charge in [0.15, 0.2) is 0 Å². The first-order valence-electron chi connectivity index (χ1n) is 12.9. The van der Waals surface area contributed by atoms with Crippen molar-refractivity contribution >= 4 is 59.7 Å². The average molecular weight is 695 g/mol. The summed E-state index contributed by atoms with van der Waals surface area (Å²) in [5.41, 5.74) is 11.8. The number of allylic oxidation sites excluding steroid dienone is 1. The van der Waals surface area contributed by atoms with Crippen molar-refractivity contribution in [3.8, 4) is 0 Å². The molecule has 6 nitrogen and oxygen atoms in total. The van der Waals surface area contributed by atoms with Crippen molar-refractivity contribution in [2.45, 2.75) is 50.9 Å². The van der Waals surface area contributed by atoms with E-state index in [9.17, 15) is 9.59 Å². The number of hydrogen-bond donors (Lipinski definition) is 1. The van der Waals surface area contributed by atoms with Gasteiger partial charge in [-0.1, -0.05) is 43.5 Å². The molecule has 9 heteroatoms. The lowest BCUT2D eigenvalue weighted by atomic mass is 9.87. The van der Waals surface area contributed by atoms with Gasteiger partial charge in [-0.05, 0) is 95.3 Å². The van der Waals surface area contributed by atoms with E-state index in [0.29, 0.717) is 25.4 Å². The van der Waals surface area contributed by atoms with Crippen LogP contribution in [0.2, 0.25) is 0 Å². The molecule has 5 rings (SSSR count). The minimum Gasteiger partial charge on any atom is -0.351 e. The number of urea groups is 1. The van der Waals surface area contributed by atoms with E-state index < -0.39 is 0 Å². The number of nitrogens with two attached hydrogens (primary N) is 1. The quantitative estimate of drug-likeness (QED) is 0.382. The number of aromatic nitrogens is 1. The summed E-state index contributed by atoms with van der Waals surface area (Å²) in [6, 6.07) is 6.21. The van der Waals surface area contributed by atoms with Crippen molar-refractivity contribution in [2.24, 2.45) is 11.7 Å². The number of nitrogens with zero attached hydrogens (tertiary/aromatic N) is 3. The fourth-order valence-corrected chi connectivity index (χ4v) is 7.85. The Labute approximate surface area is 243 Å². The van der Waals surface area contributed by atoms with Crippen molar-refractivity contribution in [3.63, 3.8) is 0 Å². The van der Waals surface area contributed by atoms with Gasteiger partial charge >= 0.3 is 6.03 Å². The van der Waals surface area contributed by atoms with Gasteiger partial charge in [0.05, 0.1) is 5.69 Å². The molecule has 2 N–H and O–H groups in total. The number of amides is 3. The van der Waals surface area contributed by atoms with Crippen LogP contribution in [0, 0.1) is 5.92 Å². The van der Waals surface area contributed by atoms with Gasteiger partial charge in [-0.15, -0.1) is 0 Å². The molecule has 0 radical (unpaired) electrons. The van der Waals surface area contributed by atoms with Crippen LogP contribution >= 0.6 is 47.8 Å². The maximum Gasteiger partial charge on any atom is 0.314 e. The molecule has 1 aromatic carbocycles. The first-order valence-corrected chi connectivity index (χ1v) is 15.3. The fourth-order valence-electron chi connectivity index (χ4n) is 5.91. The standard InChI is InChI=1S/C28H31Br3N4O2/c29-21-13-19-1-2-20-14-22(30)16-33-27(20)23(26(19)24(31)15-21)11-17-3-7-34(8-4-17)25(36)12-18-5-9-35(10-6-18)28(32)37/h11,13-16,18,23H,1-10,12H2,(H2,32,37). The molecule has 2 aliphatic heterocycles. The van der Waals surface area contributed by atoms with Crippen LogP contribution in [0.5, 0.6) is 0 Å². The Bertz CT molecular complexity index is 1230. The number of carbonyl (C=O) groups excluding carboxylic acids is 2. The summed E-state index contributed by atoms with van der Waals surface area (Å²) in [5.74, 6) is 0.651. The van der Waals surface area contributed by atoms with Crippen molar-refractivity contribution in [1.82, 2.24) is 14.8 Å². The highest BCUT2D eigenvalue weighted by atomic mass is 79.9. The monoisotopic (exact) mass is 692 g/mol. The van der Waals surface area contributed by atoms with E-state index >= 15 is 0 Å². The van der Waals surface area contributed by atoms with Crippen LogP contribution < -0.4 is 5.73 Å². The third-order valence-corrected chi connectivity index (χ3v) is 9.52. The molecule has 2 aromatic rings. The second kappa shape index (κ2) is 11.6. The Balaban J connectivity index is 1.30. The molecule has 0 bridgehead atoms. The Morgan fingerprint density at radius 1 is 0.919 bits per heavy atom. The first-order chi connectivity index (χ1) is 17.8. The summed E-state index contributed by atoms with van der Waals surface area (Å²) >= 11 is 11.1. The Morgan fingerprint density at radius 3 is 2.30 bits per heavy atom. The number of pyridine rings is 1. The highest BCUT2D eigenvalue weighted by Crippen LogP contribution is 2.41. The van der Waals surface area contributed by atoms with Crippen molar-refractivity contribution in [3.05, 3.63) is 71.8 Å². The van der Waals surface area contributed by atoms with Crippen LogP contribution in [-0.2, 0) is 17.6 Å². The van der Waals surface area contributed by atoms with Crippen molar-refractivity contribution in [1.29, 1.82) is 0 Å². The summed E-state index contributed by atoms with van der Waals surface area (Å²) in [6.07, 6.45) is 10.3. The van der Waals surface area contributed by atoms with Crippen molar-refractivity contribution < 1.29 is 9.59 Å². The Hall–Kier alpha value is -1.71. The minimum absolute atomic E-state index is 0.0794. The maximum absolute atomic E-state index is 13.0. The van der Waals surface area contributed by atoms with Gasteiger partial charge in [0, 0.05) is 58.1 Å². The van der Waals surface area contributed by atoms with Gasteiger partial charge in [0.25, 0.3) is 0 Å². The van der Waals surface area contributed by atoms with E-state index in [-0.39, 0.29) is 17.9 Å². The zero-order valence-electron chi connectivity index (χ0n) is 20.7. The first kappa shape index (κ1) is 26.9. The van der Waals surface area contributed by atoms with Crippen LogP contribution in [-0.4, -0.2) is 52.9 Å². The van der Waals surface area contributed by atoms with Gasteiger partial charge in [0.1, 0.15) is 0 Å². The van der Waals surface area contributed by atoms with Gasteiger partial charge < -0.3 is 15.5 Å². The molecule has 2 saturated heterocycles. The molecule has 1 aliphatic carbocycles. The minimum atomic E-state index is -0.360. The topological polar surface area (TPSA) is 79.5 Å². The normalized spacial score (nSPS) is 20.2. The van der Waals surface area contributed by atoms with E-state index in [0.717, 1.165) is 70.7 Å². The summed E-state index contributed by atoms with van der Waals surface area (Å²) in [4.78, 5) is 33.0. The lowest BCUT2D eigenvalue weighted by molar-refractivity contribution is -0.132. The van der Waals surface area contributed by atoms with Crippen LogP contribution in [0.15, 0.2) is 49.5 Å². The predicted octanol–water partition coefficient (Wildman–Crippen LogP) is 6.33. The number of likely N-dealkylation sites (tertiary alicyclic amines) is 2. The summed E-state index contributed by atoms with van der Waals surface area (Å²) in [6.45, 7) is 2.82. The molecule has 3 amide bonds. The summed E-state index contributed by atoms with van der Waals surface area (Å²) in [7, 11) is 0. The lowest BCUT2D eigenvalue weighted by Gasteiger charge is -2.33. The average Bonchev–Trinajstić information content (AvgIpc) is 3.01. The summed E-state index contributed by atoms with van der Waals surface area (Å²) < 4.78 is 3.19. The number of carbonyl (C=O) groups is 2. The second-order valence-electron chi connectivity index (χ2n) is 10.3. The number of hydrogen-bond acceptors (Lipinski definition) is 3. The molecule has 0 spiro atoms. The number of piperidine rings is 2. The van der Waals surface area contributed by atoms with Crippen LogP contribution in [0.1, 0.15) is 60.4 Å². The molecule has 0 saturated carbocycles. The number of fused-ring (bicyclic) bond motifs is 2. The molecule has 3 aliphatic rings. The van der Waals surface area contributed by atoms with Gasteiger partial charge in [-0.3, -0.25) is 9.78 Å². The van der Waals surface area contributed by atoms with E-state index in [1.165, 1.54) is 22.3 Å². The molecule has 3 heterocycles. The molecule has 37 heavy (non-hydrogen) atoms. The highest BCUT2D eigenvalue weighted by Gasteiger charge is 2.29. The second-order valence-corrected chi connectivity index (χ2v) is 13.0. The van der Waals surface area contributed by atoms with Crippen molar-refractivity contribution in [2.75, 3.05) is 26.2 Å². The zero-order valence-corrected chi connectivity index (χ0v) is 25.4. The fraction of sp³-hybridized carbons (Fsp3) is 0.464. The molecule has 1 aromatic heterocycles. The van der Waals surface area contributed by atoms with Gasteiger partial charge in [-0.25, -0.2) is 4.79 Å². The summed E-state index contributed by atoms with van der Waals surface area (Å²) in [5, 5.41) is 0. The number of primary amides is 1. The molecule has 196 valence electrons. The third kappa shape index (κ3) is 6.14. The third-order valence-electron chi connectivity index (χ3n) is 7.97. The Morgan fingerprint density at radius 2 is 1.59 bits per heavy atom. The zero-order chi connectivity index (χ0) is 26.1. The highest BCUT2D eigenvalue weighted by molar-refractivity contribution is 9.11. The van der Waals surface area contributed by atoms with Crippen LogP contribution in [0.4, 0.5) is 4.79 Å². The van der Waals surface area contributed by atoms with Gasteiger partial charge in [-0.2, -0.15) is 0 Å². The van der Waals surface area contributed by atoms with E-state index in [1.54, 1.807) is 4.90 Å². The van der Waals surface area contributed by atoms with E-state index in [4.69, 9.17) is 10.7 Å². The predicted molar refractivity (Wildman–Crippen MR) is 155 cm³/mol. The molecular formula is C28H31Br3N4O2. The van der Waals surface area contributed by atoms with Crippen LogP contribution in [0.3, 0.4) is 0 Å². The largest absolute Gasteiger partial charge is 0.351 e.